The van der Waals surface area contributed by atoms with Gasteiger partial charge in [-0.3, -0.25) is 0 Å². The molecule has 0 aromatic heterocycles. The van der Waals surface area contributed by atoms with Crippen molar-refractivity contribution in [1.29, 1.82) is 0 Å². The summed E-state index contributed by atoms with van der Waals surface area (Å²) < 4.78 is 0. The van der Waals surface area contributed by atoms with E-state index in [0.29, 0.717) is 0 Å². The van der Waals surface area contributed by atoms with Crippen molar-refractivity contribution in [3.8, 4) is 11.1 Å². The van der Waals surface area contributed by atoms with Crippen LogP contribution in [0.4, 0.5) is 28.4 Å². The molecule has 0 N–H and O–H groups in total. The molecule has 5 aromatic rings. The van der Waals surface area contributed by atoms with Gasteiger partial charge in [-0.05, 0) is 91.7 Å². The molecule has 0 fully saturated rings. The van der Waals surface area contributed by atoms with Gasteiger partial charge in [-0.2, -0.15) is 0 Å². The van der Waals surface area contributed by atoms with Crippen LogP contribution in [-0.4, -0.2) is 0 Å². The van der Waals surface area contributed by atoms with Crippen molar-refractivity contribution in [2.24, 2.45) is 0 Å². The smallest absolute Gasteiger partial charge is 0.0462 e. The average Bonchev–Trinajstić information content (AvgIpc) is 2.99. The van der Waals surface area contributed by atoms with Gasteiger partial charge >= 0.3 is 0 Å². The summed E-state index contributed by atoms with van der Waals surface area (Å²) in [6, 6.07) is 49.1. The van der Waals surface area contributed by atoms with Crippen LogP contribution in [0.2, 0.25) is 0 Å². The zero-order valence-electron chi connectivity index (χ0n) is 21.9. The highest BCUT2D eigenvalue weighted by Gasteiger charge is 2.14. The van der Waals surface area contributed by atoms with Crippen LogP contribution in [0.25, 0.3) is 11.1 Å². The van der Waals surface area contributed by atoms with E-state index < -0.39 is 0 Å². The van der Waals surface area contributed by atoms with Crippen LogP contribution in [0.1, 0.15) is 13.8 Å². The molecule has 0 heterocycles. The molecule has 186 valence electrons. The fourth-order valence-corrected chi connectivity index (χ4v) is 4.70. The average molecular weight is 493 g/mol. The number of nitrogens with zero attached hydrogens (tertiary/aromatic N) is 2. The van der Waals surface area contributed by atoms with Gasteiger partial charge in [-0.25, -0.2) is 0 Å². The Hall–Kier alpha value is -4.82. The topological polar surface area (TPSA) is 6.48 Å². The second kappa shape index (κ2) is 11.9. The third kappa shape index (κ3) is 5.45. The fraction of sp³-hybridized carbons (Fsp3) is 0.0556. The van der Waals surface area contributed by atoms with Crippen LogP contribution in [0.15, 0.2) is 163 Å². The third-order valence-corrected chi connectivity index (χ3v) is 6.52. The minimum atomic E-state index is 1.13. The summed E-state index contributed by atoms with van der Waals surface area (Å²) in [5, 5.41) is 0. The Bertz CT molecular complexity index is 1450. The van der Waals surface area contributed by atoms with Crippen LogP contribution in [0.5, 0.6) is 0 Å². The lowest BCUT2D eigenvalue weighted by molar-refractivity contribution is 1.20. The molecule has 0 unspecified atom stereocenters. The first-order valence-corrected chi connectivity index (χ1v) is 13.0. The van der Waals surface area contributed by atoms with Crippen molar-refractivity contribution in [2.75, 3.05) is 9.80 Å². The molecule has 0 amide bonds. The molecule has 38 heavy (non-hydrogen) atoms. The van der Waals surface area contributed by atoms with Gasteiger partial charge < -0.3 is 9.80 Å². The van der Waals surface area contributed by atoms with Gasteiger partial charge in [0.15, 0.2) is 0 Å². The normalized spacial score (nSPS) is 11.5. The van der Waals surface area contributed by atoms with E-state index in [1.165, 1.54) is 11.1 Å². The number of hydrogen-bond acceptors (Lipinski definition) is 2. The van der Waals surface area contributed by atoms with Gasteiger partial charge in [0.25, 0.3) is 0 Å². The van der Waals surface area contributed by atoms with Crippen molar-refractivity contribution in [3.05, 3.63) is 163 Å². The maximum Gasteiger partial charge on any atom is 0.0462 e. The van der Waals surface area contributed by atoms with Gasteiger partial charge in [-0.1, -0.05) is 91.0 Å². The molecule has 0 spiro atoms. The standard InChI is InChI=1S/C36H32N2/c1-3-14-31(4-2)37(32-15-8-5-9-16-32)35-25-21-29(22-26-35)30-23-27-36(28-24-30)38(33-17-10-6-11-18-33)34-19-12-7-13-20-34/h3-28H,1-2H3/b14-3-,31-4+. The summed E-state index contributed by atoms with van der Waals surface area (Å²) in [6.45, 7) is 4.13. The highest BCUT2D eigenvalue weighted by molar-refractivity contribution is 5.79. The van der Waals surface area contributed by atoms with Crippen LogP contribution < -0.4 is 9.80 Å². The minimum absolute atomic E-state index is 1.13. The number of para-hydroxylation sites is 3. The van der Waals surface area contributed by atoms with E-state index in [9.17, 15) is 0 Å². The molecule has 0 radical (unpaired) electrons. The maximum absolute atomic E-state index is 2.28. The van der Waals surface area contributed by atoms with E-state index >= 15 is 0 Å². The van der Waals surface area contributed by atoms with Crippen LogP contribution in [0, 0.1) is 0 Å². The van der Waals surface area contributed by atoms with Crippen LogP contribution in [-0.2, 0) is 0 Å². The molecular weight excluding hydrogens is 460 g/mol. The second-order valence-corrected chi connectivity index (χ2v) is 8.98. The van der Waals surface area contributed by atoms with Gasteiger partial charge in [-0.15, -0.1) is 0 Å². The van der Waals surface area contributed by atoms with Crippen molar-refractivity contribution in [2.45, 2.75) is 13.8 Å². The summed E-state index contributed by atoms with van der Waals surface area (Å²) in [4.78, 5) is 4.56. The van der Waals surface area contributed by atoms with E-state index in [-0.39, 0.29) is 0 Å². The van der Waals surface area contributed by atoms with Crippen LogP contribution >= 0.6 is 0 Å². The zero-order valence-corrected chi connectivity index (χ0v) is 21.9. The Morgan fingerprint density at radius 1 is 0.447 bits per heavy atom. The largest absolute Gasteiger partial charge is 0.311 e. The predicted octanol–water partition coefficient (Wildman–Crippen LogP) is 10.4. The zero-order chi connectivity index (χ0) is 26.2. The molecule has 0 aliphatic carbocycles. The van der Waals surface area contributed by atoms with Crippen molar-refractivity contribution in [1.82, 2.24) is 0 Å². The van der Waals surface area contributed by atoms with E-state index in [1.807, 2.05) is 0 Å². The van der Waals surface area contributed by atoms with E-state index in [0.717, 1.165) is 34.1 Å². The molecule has 0 atom stereocenters. The summed E-state index contributed by atoms with van der Waals surface area (Å²) in [5.74, 6) is 0. The Balaban J connectivity index is 1.45. The van der Waals surface area contributed by atoms with E-state index in [1.54, 1.807) is 0 Å². The maximum atomic E-state index is 2.28. The molecule has 0 aliphatic heterocycles. The Morgan fingerprint density at radius 2 is 0.816 bits per heavy atom. The summed E-state index contributed by atoms with van der Waals surface area (Å²) >= 11 is 0. The summed E-state index contributed by atoms with van der Waals surface area (Å²) in [5.41, 5.74) is 9.18. The molecule has 5 rings (SSSR count). The number of rotatable bonds is 8. The van der Waals surface area contributed by atoms with E-state index in [2.05, 4.69) is 181 Å². The number of hydrogen-bond donors (Lipinski definition) is 0. The number of benzene rings is 5. The molecule has 0 bridgehead atoms. The molecule has 0 aliphatic rings. The number of allylic oxidation sites excluding steroid dienone is 3. The highest BCUT2D eigenvalue weighted by atomic mass is 15.1. The lowest BCUT2D eigenvalue weighted by Crippen LogP contribution is -2.14. The third-order valence-electron chi connectivity index (χ3n) is 6.52. The second-order valence-electron chi connectivity index (χ2n) is 8.98. The lowest BCUT2D eigenvalue weighted by atomic mass is 10.0. The van der Waals surface area contributed by atoms with Crippen molar-refractivity contribution in [3.63, 3.8) is 0 Å². The molecule has 5 aromatic carbocycles. The predicted molar refractivity (Wildman–Crippen MR) is 164 cm³/mol. The first-order chi connectivity index (χ1) is 18.8. The molecular formula is C36H32N2. The van der Waals surface area contributed by atoms with Gasteiger partial charge in [0.05, 0.1) is 0 Å². The SMILES string of the molecule is C/C=C\C(=C/C)N(c1ccccc1)c1ccc(-c2ccc(N(c3ccccc3)c3ccccc3)cc2)cc1. The highest BCUT2D eigenvalue weighted by Crippen LogP contribution is 2.36. The van der Waals surface area contributed by atoms with Crippen molar-refractivity contribution >= 4 is 28.4 Å². The first kappa shape index (κ1) is 24.9. The quantitative estimate of drug-likeness (QED) is 0.199. The number of anilines is 5. The Morgan fingerprint density at radius 3 is 1.24 bits per heavy atom. The fourth-order valence-electron chi connectivity index (χ4n) is 4.70. The van der Waals surface area contributed by atoms with E-state index in [4.69, 9.17) is 0 Å². The molecule has 0 saturated carbocycles. The summed E-state index contributed by atoms with van der Waals surface area (Å²) in [6.07, 6.45) is 6.37. The van der Waals surface area contributed by atoms with Gasteiger partial charge in [0.2, 0.25) is 0 Å². The molecule has 2 nitrogen and oxygen atoms in total. The first-order valence-electron chi connectivity index (χ1n) is 13.0. The lowest BCUT2D eigenvalue weighted by Gasteiger charge is -2.26. The van der Waals surface area contributed by atoms with Gasteiger partial charge in [0, 0.05) is 34.1 Å². The van der Waals surface area contributed by atoms with Crippen LogP contribution in [0.3, 0.4) is 0 Å². The monoisotopic (exact) mass is 492 g/mol. The molecule has 2 heteroatoms. The summed E-state index contributed by atoms with van der Waals surface area (Å²) in [7, 11) is 0. The van der Waals surface area contributed by atoms with Gasteiger partial charge in [0.1, 0.15) is 0 Å². The minimum Gasteiger partial charge on any atom is -0.311 e. The van der Waals surface area contributed by atoms with Crippen molar-refractivity contribution < 1.29 is 0 Å². The Labute approximate surface area is 226 Å². The Kier molecular flexibility index (Phi) is 7.81. The molecule has 0 saturated heterocycles.